The zero-order chi connectivity index (χ0) is 17.8. The highest BCUT2D eigenvalue weighted by Gasteiger charge is 2.24. The van der Waals surface area contributed by atoms with Gasteiger partial charge in [0, 0.05) is 17.8 Å². The molecule has 0 bridgehead atoms. The average molecular weight is 353 g/mol. The molecule has 0 atom stereocenters. The van der Waals surface area contributed by atoms with Crippen molar-refractivity contribution in [3.63, 3.8) is 0 Å². The summed E-state index contributed by atoms with van der Waals surface area (Å²) in [6.45, 7) is 4.95. The number of nitrogens with zero attached hydrogens (tertiary/aromatic N) is 1. The molecule has 0 aromatic heterocycles. The van der Waals surface area contributed by atoms with Crippen molar-refractivity contribution >= 4 is 29.1 Å². The van der Waals surface area contributed by atoms with Gasteiger partial charge in [-0.1, -0.05) is 36.4 Å². The lowest BCUT2D eigenvalue weighted by molar-refractivity contribution is -0.116. The quantitative estimate of drug-likeness (QED) is 0.756. The van der Waals surface area contributed by atoms with Crippen LogP contribution in [0, 0.1) is 13.8 Å². The fourth-order valence-electron chi connectivity index (χ4n) is 3.35. The van der Waals surface area contributed by atoms with E-state index in [2.05, 4.69) is 26.0 Å². The molecule has 0 unspecified atom stereocenters. The van der Waals surface area contributed by atoms with Gasteiger partial charge in [-0.25, -0.2) is 0 Å². The van der Waals surface area contributed by atoms with E-state index in [1.165, 1.54) is 28.5 Å². The predicted molar refractivity (Wildman–Crippen MR) is 105 cm³/mol. The molecular formula is C21H23NO2S. The molecule has 3 nitrogen and oxygen atoms in total. The standard InChI is InChI=1S/C21H23NO2S/c1-15-11-16(2)18-9-6-10-22(19(18)12-15)21(24)14-25-13-20(23)17-7-4-3-5-8-17/h3-5,7-8,11-12H,6,9-10,13-14H2,1-2H3. The van der Waals surface area contributed by atoms with Gasteiger partial charge >= 0.3 is 0 Å². The second-order valence-corrected chi connectivity index (χ2v) is 7.50. The Kier molecular flexibility index (Phi) is 5.59. The lowest BCUT2D eigenvalue weighted by Crippen LogP contribution is -2.37. The van der Waals surface area contributed by atoms with Crippen LogP contribution < -0.4 is 4.90 Å². The van der Waals surface area contributed by atoms with Crippen LogP contribution in [-0.4, -0.2) is 29.7 Å². The van der Waals surface area contributed by atoms with Gasteiger partial charge in [-0.15, -0.1) is 11.8 Å². The van der Waals surface area contributed by atoms with Gasteiger partial charge in [0.2, 0.25) is 5.91 Å². The molecule has 25 heavy (non-hydrogen) atoms. The van der Waals surface area contributed by atoms with E-state index in [1.807, 2.05) is 35.2 Å². The first kappa shape index (κ1) is 17.7. The van der Waals surface area contributed by atoms with Crippen LogP contribution in [0.4, 0.5) is 5.69 Å². The van der Waals surface area contributed by atoms with E-state index in [9.17, 15) is 9.59 Å². The van der Waals surface area contributed by atoms with Crippen LogP contribution in [0.2, 0.25) is 0 Å². The van der Waals surface area contributed by atoms with E-state index in [0.717, 1.165) is 25.1 Å². The van der Waals surface area contributed by atoms with Gasteiger partial charge in [-0.2, -0.15) is 0 Å². The normalized spacial score (nSPS) is 13.4. The van der Waals surface area contributed by atoms with Crippen LogP contribution >= 0.6 is 11.8 Å². The zero-order valence-corrected chi connectivity index (χ0v) is 15.6. The molecule has 1 aliphatic rings. The molecule has 1 amide bonds. The lowest BCUT2D eigenvalue weighted by Gasteiger charge is -2.31. The Balaban J connectivity index is 1.62. The minimum Gasteiger partial charge on any atom is -0.311 e. The number of carbonyl (C=O) groups excluding carboxylic acids is 2. The molecule has 0 spiro atoms. The van der Waals surface area contributed by atoms with Gasteiger partial charge in [-0.05, 0) is 49.4 Å². The minimum atomic E-state index is 0.0733. The Bertz CT molecular complexity index is 786. The van der Waals surface area contributed by atoms with Gasteiger partial charge in [-0.3, -0.25) is 9.59 Å². The van der Waals surface area contributed by atoms with Crippen molar-refractivity contribution in [2.24, 2.45) is 0 Å². The van der Waals surface area contributed by atoms with Crippen LogP contribution in [0.3, 0.4) is 0 Å². The number of fused-ring (bicyclic) bond motifs is 1. The highest BCUT2D eigenvalue weighted by molar-refractivity contribution is 8.00. The molecule has 3 rings (SSSR count). The maximum Gasteiger partial charge on any atom is 0.236 e. The van der Waals surface area contributed by atoms with Crippen molar-refractivity contribution in [2.75, 3.05) is 23.0 Å². The SMILES string of the molecule is Cc1cc(C)c2c(c1)N(C(=O)CSCC(=O)c1ccccc1)CCC2. The van der Waals surface area contributed by atoms with Gasteiger partial charge in [0.05, 0.1) is 11.5 Å². The summed E-state index contributed by atoms with van der Waals surface area (Å²) in [6.07, 6.45) is 2.03. The van der Waals surface area contributed by atoms with Crippen LogP contribution in [-0.2, 0) is 11.2 Å². The van der Waals surface area contributed by atoms with Crippen molar-refractivity contribution in [2.45, 2.75) is 26.7 Å². The number of thioether (sulfide) groups is 1. The number of hydrogen-bond acceptors (Lipinski definition) is 3. The maximum absolute atomic E-state index is 12.7. The number of anilines is 1. The van der Waals surface area contributed by atoms with Crippen LogP contribution in [0.5, 0.6) is 0 Å². The number of carbonyl (C=O) groups is 2. The molecule has 0 saturated carbocycles. The summed E-state index contributed by atoms with van der Waals surface area (Å²) in [6, 6.07) is 13.5. The second-order valence-electron chi connectivity index (χ2n) is 6.51. The van der Waals surface area contributed by atoms with Crippen LogP contribution in [0.15, 0.2) is 42.5 Å². The van der Waals surface area contributed by atoms with E-state index in [1.54, 1.807) is 0 Å². The lowest BCUT2D eigenvalue weighted by atomic mass is 9.95. The van der Waals surface area contributed by atoms with Gasteiger partial charge in [0.25, 0.3) is 0 Å². The smallest absolute Gasteiger partial charge is 0.236 e. The van der Waals surface area contributed by atoms with Crippen LogP contribution in [0.25, 0.3) is 0 Å². The Morgan fingerprint density at radius 2 is 1.84 bits per heavy atom. The number of aryl methyl sites for hydroxylation is 2. The topological polar surface area (TPSA) is 37.4 Å². The van der Waals surface area contributed by atoms with Gasteiger partial charge < -0.3 is 4.90 Å². The van der Waals surface area contributed by atoms with E-state index < -0.39 is 0 Å². The van der Waals surface area contributed by atoms with Gasteiger partial charge in [0.1, 0.15) is 0 Å². The first-order valence-corrected chi connectivity index (χ1v) is 9.78. The van der Waals surface area contributed by atoms with Crippen molar-refractivity contribution in [1.29, 1.82) is 0 Å². The number of Topliss-reactive ketones (excluding diaryl/α,β-unsaturated/α-hetero) is 1. The summed E-state index contributed by atoms with van der Waals surface area (Å²) in [4.78, 5) is 26.7. The van der Waals surface area contributed by atoms with E-state index in [4.69, 9.17) is 0 Å². The van der Waals surface area contributed by atoms with Crippen molar-refractivity contribution < 1.29 is 9.59 Å². The fourth-order valence-corrected chi connectivity index (χ4v) is 4.14. The summed E-state index contributed by atoms with van der Waals surface area (Å²) in [7, 11) is 0. The van der Waals surface area contributed by atoms with E-state index >= 15 is 0 Å². The summed E-state index contributed by atoms with van der Waals surface area (Å²) in [5.41, 5.74) is 5.50. The van der Waals surface area contributed by atoms with E-state index in [0.29, 0.717) is 17.1 Å². The minimum absolute atomic E-state index is 0.0733. The number of rotatable bonds is 5. The largest absolute Gasteiger partial charge is 0.311 e. The molecule has 0 radical (unpaired) electrons. The molecular weight excluding hydrogens is 330 g/mol. The highest BCUT2D eigenvalue weighted by atomic mass is 32.2. The fraction of sp³-hybridized carbons (Fsp3) is 0.333. The molecule has 130 valence electrons. The van der Waals surface area contributed by atoms with Gasteiger partial charge in [0.15, 0.2) is 5.78 Å². The van der Waals surface area contributed by atoms with Crippen molar-refractivity contribution in [3.05, 3.63) is 64.7 Å². The Morgan fingerprint density at radius 3 is 2.60 bits per heavy atom. The second kappa shape index (κ2) is 7.87. The summed E-state index contributed by atoms with van der Waals surface area (Å²) >= 11 is 1.40. The molecule has 0 aliphatic carbocycles. The number of amides is 1. The monoisotopic (exact) mass is 353 g/mol. The number of benzene rings is 2. The third kappa shape index (κ3) is 4.13. The summed E-state index contributed by atoms with van der Waals surface area (Å²) in [5.74, 6) is 0.842. The van der Waals surface area contributed by atoms with E-state index in [-0.39, 0.29) is 11.7 Å². The molecule has 4 heteroatoms. The first-order valence-electron chi connectivity index (χ1n) is 8.63. The summed E-state index contributed by atoms with van der Waals surface area (Å²) in [5, 5.41) is 0. The zero-order valence-electron chi connectivity index (χ0n) is 14.7. The Labute approximate surface area is 153 Å². The molecule has 0 fully saturated rings. The first-order chi connectivity index (χ1) is 12.1. The molecule has 1 aliphatic heterocycles. The average Bonchev–Trinajstić information content (AvgIpc) is 2.61. The number of ketones is 1. The predicted octanol–water partition coefficient (Wildman–Crippen LogP) is 4.20. The maximum atomic E-state index is 12.7. The number of hydrogen-bond donors (Lipinski definition) is 0. The molecule has 0 N–H and O–H groups in total. The van der Waals surface area contributed by atoms with Crippen molar-refractivity contribution in [3.8, 4) is 0 Å². The molecule has 0 saturated heterocycles. The highest BCUT2D eigenvalue weighted by Crippen LogP contribution is 2.31. The molecule has 2 aromatic rings. The molecule has 2 aromatic carbocycles. The third-order valence-electron chi connectivity index (χ3n) is 4.55. The Hall–Kier alpha value is -2.07. The Morgan fingerprint density at radius 1 is 1.08 bits per heavy atom. The summed E-state index contributed by atoms with van der Waals surface area (Å²) < 4.78 is 0. The van der Waals surface area contributed by atoms with Crippen LogP contribution in [0.1, 0.15) is 33.5 Å². The third-order valence-corrected chi connectivity index (χ3v) is 5.47. The molecule has 1 heterocycles. The van der Waals surface area contributed by atoms with Crippen molar-refractivity contribution in [1.82, 2.24) is 0 Å².